The van der Waals surface area contributed by atoms with Crippen molar-refractivity contribution in [3.63, 3.8) is 0 Å². The first-order valence-electron chi connectivity index (χ1n) is 12.8. The number of hydrogen-bond acceptors (Lipinski definition) is 9. The molecule has 3 fully saturated rings. The van der Waals surface area contributed by atoms with Gasteiger partial charge in [-0.3, -0.25) is 5.32 Å². The van der Waals surface area contributed by atoms with Gasteiger partial charge in [0.2, 0.25) is 5.95 Å². The molecule has 3 saturated heterocycles. The molecule has 3 aliphatic rings. The highest BCUT2D eigenvalue weighted by atomic mass is 16.5. The summed E-state index contributed by atoms with van der Waals surface area (Å²) in [4.78, 5) is 14.6. The monoisotopic (exact) mass is 470 g/mol. The summed E-state index contributed by atoms with van der Waals surface area (Å²) in [5, 5.41) is 8.07. The Morgan fingerprint density at radius 3 is 2.71 bits per heavy atom. The lowest BCUT2D eigenvalue weighted by atomic mass is 10.1. The highest BCUT2D eigenvalue weighted by Crippen LogP contribution is 2.36. The van der Waals surface area contributed by atoms with Gasteiger partial charge in [-0.1, -0.05) is 0 Å². The van der Waals surface area contributed by atoms with Crippen molar-refractivity contribution in [2.45, 2.75) is 44.6 Å². The quantitative estimate of drug-likeness (QED) is 0.538. The van der Waals surface area contributed by atoms with Gasteiger partial charge in [-0.25, -0.2) is 4.98 Å². The Kier molecular flexibility index (Phi) is 7.83. The number of ether oxygens (including phenoxy) is 3. The van der Waals surface area contributed by atoms with Crippen molar-refractivity contribution in [3.8, 4) is 11.5 Å². The lowest BCUT2D eigenvalue weighted by Crippen LogP contribution is -2.42. The average molecular weight is 471 g/mol. The maximum absolute atomic E-state index is 6.20. The van der Waals surface area contributed by atoms with Crippen LogP contribution < -0.4 is 25.0 Å². The molecule has 3 aliphatic heterocycles. The normalized spacial score (nSPS) is 20.1. The van der Waals surface area contributed by atoms with Crippen LogP contribution in [0.3, 0.4) is 0 Å². The van der Waals surface area contributed by atoms with Crippen molar-refractivity contribution in [2.24, 2.45) is 0 Å². The second-order valence-corrected chi connectivity index (χ2v) is 9.45. The number of nitrogens with zero attached hydrogens (tertiary/aromatic N) is 4. The van der Waals surface area contributed by atoms with Crippen molar-refractivity contribution < 1.29 is 14.2 Å². The Morgan fingerprint density at radius 2 is 1.94 bits per heavy atom. The molecule has 2 N–H and O–H groups in total. The predicted molar refractivity (Wildman–Crippen MR) is 134 cm³/mol. The lowest BCUT2D eigenvalue weighted by molar-refractivity contribution is 0.0904. The topological polar surface area (TPSA) is 84.0 Å². The summed E-state index contributed by atoms with van der Waals surface area (Å²) in [6.45, 7) is 8.49. The Balaban J connectivity index is 1.40. The largest absolute Gasteiger partial charge is 0.493 e. The highest BCUT2D eigenvalue weighted by molar-refractivity contribution is 5.93. The minimum absolute atomic E-state index is 0.340. The maximum atomic E-state index is 6.20. The van der Waals surface area contributed by atoms with E-state index < -0.39 is 0 Å². The van der Waals surface area contributed by atoms with E-state index in [-0.39, 0.29) is 0 Å². The molecular formula is C25H38N6O3. The maximum Gasteiger partial charge on any atom is 0.228 e. The molecule has 4 heterocycles. The van der Waals surface area contributed by atoms with E-state index in [4.69, 9.17) is 24.2 Å². The van der Waals surface area contributed by atoms with Gasteiger partial charge in [-0.2, -0.15) is 4.98 Å². The van der Waals surface area contributed by atoms with Gasteiger partial charge in [-0.05, 0) is 64.2 Å². The SMILES string of the molecule is COc1cc2c(NC3CCOCC3)nc(N3CCCNC3)nc2cc1OCCCN1CCCC1. The third-order valence-electron chi connectivity index (χ3n) is 6.97. The molecule has 0 saturated carbocycles. The van der Waals surface area contributed by atoms with Gasteiger partial charge in [0.15, 0.2) is 11.5 Å². The second kappa shape index (κ2) is 11.4. The molecule has 1 aromatic heterocycles. The number of aromatic nitrogens is 2. The van der Waals surface area contributed by atoms with Crippen molar-refractivity contribution in [2.75, 3.05) is 76.5 Å². The first-order valence-corrected chi connectivity index (χ1v) is 12.8. The van der Waals surface area contributed by atoms with Crippen LogP contribution in [0.25, 0.3) is 10.9 Å². The molecule has 1 aromatic carbocycles. The molecule has 186 valence electrons. The van der Waals surface area contributed by atoms with Crippen molar-refractivity contribution >= 4 is 22.7 Å². The number of methoxy groups -OCH3 is 1. The first-order chi connectivity index (χ1) is 16.8. The molecule has 0 spiro atoms. The summed E-state index contributed by atoms with van der Waals surface area (Å²) in [5.41, 5.74) is 0.875. The first kappa shape index (κ1) is 23.4. The summed E-state index contributed by atoms with van der Waals surface area (Å²) < 4.78 is 17.5. The van der Waals surface area contributed by atoms with Gasteiger partial charge in [0.1, 0.15) is 5.82 Å². The zero-order chi connectivity index (χ0) is 23.2. The lowest BCUT2D eigenvalue weighted by Gasteiger charge is -2.29. The molecule has 0 aliphatic carbocycles. The molecule has 0 unspecified atom stereocenters. The fourth-order valence-corrected chi connectivity index (χ4v) is 5.02. The molecule has 0 amide bonds. The van der Waals surface area contributed by atoms with Crippen LogP contribution in [0.4, 0.5) is 11.8 Å². The van der Waals surface area contributed by atoms with E-state index in [1.165, 1.54) is 25.9 Å². The van der Waals surface area contributed by atoms with Crippen LogP contribution in [0, 0.1) is 0 Å². The van der Waals surface area contributed by atoms with Gasteiger partial charge in [0.05, 0.1) is 25.9 Å². The Bertz CT molecular complexity index is 940. The molecule has 34 heavy (non-hydrogen) atoms. The fraction of sp³-hybridized carbons (Fsp3) is 0.680. The van der Waals surface area contributed by atoms with Gasteiger partial charge < -0.3 is 29.3 Å². The second-order valence-electron chi connectivity index (χ2n) is 9.45. The number of benzene rings is 1. The van der Waals surface area contributed by atoms with Gasteiger partial charge >= 0.3 is 0 Å². The third-order valence-corrected chi connectivity index (χ3v) is 6.97. The van der Waals surface area contributed by atoms with Crippen LogP contribution in [0.2, 0.25) is 0 Å². The molecule has 2 aromatic rings. The molecule has 0 bridgehead atoms. The molecular weight excluding hydrogens is 432 g/mol. The number of nitrogens with one attached hydrogen (secondary N) is 2. The molecule has 9 heteroatoms. The predicted octanol–water partition coefficient (Wildman–Crippen LogP) is 2.85. The van der Waals surface area contributed by atoms with Crippen LogP contribution in [0.1, 0.15) is 38.5 Å². The average Bonchev–Trinajstić information content (AvgIpc) is 3.41. The van der Waals surface area contributed by atoms with E-state index >= 15 is 0 Å². The van der Waals surface area contributed by atoms with Crippen molar-refractivity contribution in [3.05, 3.63) is 12.1 Å². The summed E-state index contributed by atoms with van der Waals surface area (Å²) in [6.07, 6.45) is 6.67. The summed E-state index contributed by atoms with van der Waals surface area (Å²) in [6, 6.07) is 4.37. The fourth-order valence-electron chi connectivity index (χ4n) is 5.02. The zero-order valence-electron chi connectivity index (χ0n) is 20.4. The van der Waals surface area contributed by atoms with E-state index in [9.17, 15) is 0 Å². The summed E-state index contributed by atoms with van der Waals surface area (Å²) in [5.74, 6) is 3.07. The number of hydrogen-bond donors (Lipinski definition) is 2. The Hall–Kier alpha value is -2.36. The van der Waals surface area contributed by atoms with Crippen LogP contribution in [-0.4, -0.2) is 87.2 Å². The summed E-state index contributed by atoms with van der Waals surface area (Å²) in [7, 11) is 1.69. The van der Waals surface area contributed by atoms with Crippen LogP contribution in [-0.2, 0) is 4.74 Å². The van der Waals surface area contributed by atoms with E-state index in [0.717, 1.165) is 99.4 Å². The minimum Gasteiger partial charge on any atom is -0.493 e. The summed E-state index contributed by atoms with van der Waals surface area (Å²) >= 11 is 0. The smallest absolute Gasteiger partial charge is 0.228 e. The Morgan fingerprint density at radius 1 is 1.09 bits per heavy atom. The van der Waals surface area contributed by atoms with E-state index in [1.54, 1.807) is 7.11 Å². The number of likely N-dealkylation sites (tertiary alicyclic amines) is 1. The standard InChI is InChI=1S/C25H38N6O3/c1-32-22-16-20-21(17-23(22)34-13-5-11-30-9-2-3-10-30)28-25(31-12-4-8-26-18-31)29-24(20)27-19-6-14-33-15-7-19/h16-17,19,26H,2-15,18H2,1H3,(H,27,28,29). The number of fused-ring (bicyclic) bond motifs is 1. The molecule has 9 nitrogen and oxygen atoms in total. The van der Waals surface area contributed by atoms with Crippen LogP contribution >= 0.6 is 0 Å². The van der Waals surface area contributed by atoms with Crippen molar-refractivity contribution in [1.82, 2.24) is 20.2 Å². The highest BCUT2D eigenvalue weighted by Gasteiger charge is 2.21. The minimum atomic E-state index is 0.340. The van der Waals surface area contributed by atoms with Crippen LogP contribution in [0.5, 0.6) is 11.5 Å². The van der Waals surface area contributed by atoms with E-state index in [1.807, 2.05) is 12.1 Å². The van der Waals surface area contributed by atoms with E-state index in [0.29, 0.717) is 12.6 Å². The molecule has 5 rings (SSSR count). The third kappa shape index (κ3) is 5.64. The van der Waals surface area contributed by atoms with Gasteiger partial charge in [-0.15, -0.1) is 0 Å². The van der Waals surface area contributed by atoms with Crippen LogP contribution in [0.15, 0.2) is 12.1 Å². The molecule has 0 atom stereocenters. The zero-order valence-corrected chi connectivity index (χ0v) is 20.4. The van der Waals surface area contributed by atoms with Gasteiger partial charge in [0.25, 0.3) is 0 Å². The Labute approximate surface area is 202 Å². The van der Waals surface area contributed by atoms with Gasteiger partial charge in [0, 0.05) is 43.8 Å². The number of anilines is 2. The number of rotatable bonds is 9. The van der Waals surface area contributed by atoms with Crippen molar-refractivity contribution in [1.29, 1.82) is 0 Å². The molecule has 0 radical (unpaired) electrons. The van der Waals surface area contributed by atoms with E-state index in [2.05, 4.69) is 20.4 Å².